The van der Waals surface area contributed by atoms with Crippen LogP contribution >= 0.6 is 0 Å². The first kappa shape index (κ1) is 19.9. The van der Waals surface area contributed by atoms with Crippen LogP contribution in [-0.2, 0) is 6.61 Å². The number of aromatic nitrogens is 3. The van der Waals surface area contributed by atoms with Gasteiger partial charge in [-0.1, -0.05) is 66.7 Å². The van der Waals surface area contributed by atoms with Crippen molar-refractivity contribution < 1.29 is 4.74 Å². The lowest BCUT2D eigenvalue weighted by Gasteiger charge is -2.12. The molecule has 0 unspecified atom stereocenters. The molecular weight excluding hydrogens is 424 g/mol. The van der Waals surface area contributed by atoms with E-state index in [-0.39, 0.29) is 12.2 Å². The molecule has 2 heterocycles. The van der Waals surface area contributed by atoms with Gasteiger partial charge in [-0.15, -0.1) is 0 Å². The summed E-state index contributed by atoms with van der Waals surface area (Å²) in [5.74, 6) is 1.15. The van der Waals surface area contributed by atoms with Gasteiger partial charge in [0.15, 0.2) is 5.82 Å². The standard InChI is InChI=1S/C28H20N4O2/c33-28-23-12-4-6-14-25(23)31-27(18-34-26-15-7-10-19-8-1-3-11-22(19)26)32(28)29-17-21-16-20-9-2-5-13-24(20)30-21/h1-17,30H,18H2/b29-17+. The lowest BCUT2D eigenvalue weighted by atomic mass is 10.1. The maximum absolute atomic E-state index is 13.3. The van der Waals surface area contributed by atoms with Gasteiger partial charge in [-0.3, -0.25) is 4.79 Å². The molecule has 0 radical (unpaired) electrons. The first-order valence-electron chi connectivity index (χ1n) is 11.0. The summed E-state index contributed by atoms with van der Waals surface area (Å²) in [4.78, 5) is 21.3. The molecule has 0 aliphatic heterocycles. The van der Waals surface area contributed by atoms with Crippen LogP contribution in [-0.4, -0.2) is 20.9 Å². The van der Waals surface area contributed by atoms with Gasteiger partial charge in [0.05, 0.1) is 22.8 Å². The number of para-hydroxylation sites is 2. The van der Waals surface area contributed by atoms with E-state index in [1.807, 2.05) is 91.0 Å². The molecule has 6 rings (SSSR count). The van der Waals surface area contributed by atoms with Crippen molar-refractivity contribution in [2.75, 3.05) is 0 Å². The lowest BCUT2D eigenvalue weighted by Crippen LogP contribution is -2.23. The Kier molecular flexibility index (Phi) is 4.88. The molecule has 0 saturated heterocycles. The van der Waals surface area contributed by atoms with Crippen molar-refractivity contribution in [1.29, 1.82) is 0 Å². The molecule has 0 atom stereocenters. The maximum Gasteiger partial charge on any atom is 0.282 e. The van der Waals surface area contributed by atoms with Gasteiger partial charge in [-0.05, 0) is 35.7 Å². The molecule has 0 fully saturated rings. The van der Waals surface area contributed by atoms with Crippen LogP contribution in [0.1, 0.15) is 11.5 Å². The lowest BCUT2D eigenvalue weighted by molar-refractivity contribution is 0.293. The Morgan fingerprint density at radius 2 is 1.59 bits per heavy atom. The fourth-order valence-corrected chi connectivity index (χ4v) is 4.13. The Bertz CT molecular complexity index is 1710. The summed E-state index contributed by atoms with van der Waals surface area (Å²) < 4.78 is 7.46. The summed E-state index contributed by atoms with van der Waals surface area (Å²) in [5, 5.41) is 8.17. The van der Waals surface area contributed by atoms with Crippen molar-refractivity contribution in [1.82, 2.24) is 14.6 Å². The van der Waals surface area contributed by atoms with Gasteiger partial charge in [0.25, 0.3) is 5.56 Å². The van der Waals surface area contributed by atoms with E-state index in [1.165, 1.54) is 4.68 Å². The number of nitrogens with one attached hydrogen (secondary N) is 1. The normalized spacial score (nSPS) is 11.6. The van der Waals surface area contributed by atoms with E-state index in [0.29, 0.717) is 16.7 Å². The molecule has 4 aromatic carbocycles. The molecular formula is C28H20N4O2. The summed E-state index contributed by atoms with van der Waals surface area (Å²) in [6, 6.07) is 31.2. The van der Waals surface area contributed by atoms with E-state index in [9.17, 15) is 4.79 Å². The van der Waals surface area contributed by atoms with Crippen LogP contribution < -0.4 is 10.3 Å². The van der Waals surface area contributed by atoms with E-state index in [1.54, 1.807) is 12.3 Å². The molecule has 0 aliphatic rings. The molecule has 2 aromatic heterocycles. The number of ether oxygens (including phenoxy) is 1. The van der Waals surface area contributed by atoms with Crippen molar-refractivity contribution in [3.63, 3.8) is 0 Å². The molecule has 6 heteroatoms. The van der Waals surface area contributed by atoms with Crippen LogP contribution in [0.3, 0.4) is 0 Å². The highest BCUT2D eigenvalue weighted by Crippen LogP contribution is 2.26. The van der Waals surface area contributed by atoms with Crippen LogP contribution in [0.15, 0.2) is 107 Å². The summed E-state index contributed by atoms with van der Waals surface area (Å²) in [5.41, 5.74) is 2.17. The Morgan fingerprint density at radius 1 is 0.853 bits per heavy atom. The second kappa shape index (κ2) is 8.33. The minimum atomic E-state index is -0.241. The topological polar surface area (TPSA) is 72.3 Å². The van der Waals surface area contributed by atoms with Gasteiger partial charge in [0, 0.05) is 16.3 Å². The Balaban J connectivity index is 1.41. The second-order valence-corrected chi connectivity index (χ2v) is 7.98. The summed E-state index contributed by atoms with van der Waals surface area (Å²) >= 11 is 0. The van der Waals surface area contributed by atoms with Crippen LogP contribution in [0.25, 0.3) is 32.6 Å². The number of benzene rings is 4. The van der Waals surface area contributed by atoms with E-state index < -0.39 is 0 Å². The summed E-state index contributed by atoms with van der Waals surface area (Å²) in [7, 11) is 0. The Labute approximate surface area is 194 Å². The molecule has 164 valence electrons. The number of fused-ring (bicyclic) bond motifs is 3. The summed E-state index contributed by atoms with van der Waals surface area (Å²) in [6.45, 7) is 0.0954. The van der Waals surface area contributed by atoms with Crippen molar-refractivity contribution in [2.24, 2.45) is 5.10 Å². The number of hydrogen-bond donors (Lipinski definition) is 1. The molecule has 6 nitrogen and oxygen atoms in total. The molecule has 34 heavy (non-hydrogen) atoms. The SMILES string of the molecule is O=c1c2ccccc2nc(COc2cccc3ccccc23)n1/N=C/c1cc2ccccc2[nH]1. The highest BCUT2D eigenvalue weighted by molar-refractivity contribution is 5.90. The number of H-pyrrole nitrogens is 1. The summed E-state index contributed by atoms with van der Waals surface area (Å²) in [6.07, 6.45) is 1.64. The fourth-order valence-electron chi connectivity index (χ4n) is 4.13. The predicted molar refractivity (Wildman–Crippen MR) is 136 cm³/mol. The van der Waals surface area contributed by atoms with Crippen LogP contribution in [0, 0.1) is 0 Å². The molecule has 0 amide bonds. The minimum absolute atomic E-state index is 0.0954. The van der Waals surface area contributed by atoms with Crippen LogP contribution in [0.5, 0.6) is 5.75 Å². The molecule has 0 bridgehead atoms. The minimum Gasteiger partial charge on any atom is -0.485 e. The van der Waals surface area contributed by atoms with Gasteiger partial charge in [-0.25, -0.2) is 4.98 Å². The number of aromatic amines is 1. The zero-order chi connectivity index (χ0) is 22.9. The van der Waals surface area contributed by atoms with E-state index >= 15 is 0 Å². The number of rotatable bonds is 5. The third kappa shape index (κ3) is 3.61. The zero-order valence-electron chi connectivity index (χ0n) is 18.2. The van der Waals surface area contributed by atoms with E-state index in [4.69, 9.17) is 9.72 Å². The molecule has 0 spiro atoms. The van der Waals surface area contributed by atoms with Crippen molar-refractivity contribution in [3.05, 3.63) is 119 Å². The van der Waals surface area contributed by atoms with Gasteiger partial charge >= 0.3 is 0 Å². The quantitative estimate of drug-likeness (QED) is 0.357. The van der Waals surface area contributed by atoms with Gasteiger partial charge in [-0.2, -0.15) is 9.78 Å². The number of hydrogen-bond acceptors (Lipinski definition) is 4. The van der Waals surface area contributed by atoms with Gasteiger partial charge in [0.2, 0.25) is 0 Å². The monoisotopic (exact) mass is 444 g/mol. The zero-order valence-corrected chi connectivity index (χ0v) is 18.2. The Hall–Kier alpha value is -4.71. The largest absolute Gasteiger partial charge is 0.485 e. The smallest absolute Gasteiger partial charge is 0.282 e. The molecule has 0 saturated carbocycles. The van der Waals surface area contributed by atoms with Crippen LogP contribution in [0.4, 0.5) is 0 Å². The molecule has 1 N–H and O–H groups in total. The average molecular weight is 444 g/mol. The van der Waals surface area contributed by atoms with E-state index in [0.717, 1.165) is 33.1 Å². The first-order valence-corrected chi connectivity index (χ1v) is 11.0. The number of nitrogens with zero attached hydrogens (tertiary/aromatic N) is 3. The van der Waals surface area contributed by atoms with Crippen molar-refractivity contribution in [2.45, 2.75) is 6.61 Å². The molecule has 6 aromatic rings. The average Bonchev–Trinajstić information content (AvgIpc) is 3.30. The van der Waals surface area contributed by atoms with Crippen LogP contribution in [0.2, 0.25) is 0 Å². The maximum atomic E-state index is 13.3. The Morgan fingerprint density at radius 3 is 2.47 bits per heavy atom. The van der Waals surface area contributed by atoms with Crippen molar-refractivity contribution in [3.8, 4) is 5.75 Å². The first-order chi connectivity index (χ1) is 16.8. The third-order valence-corrected chi connectivity index (χ3v) is 5.79. The van der Waals surface area contributed by atoms with Gasteiger partial charge < -0.3 is 9.72 Å². The molecule has 0 aliphatic carbocycles. The fraction of sp³-hybridized carbons (Fsp3) is 0.0357. The highest BCUT2D eigenvalue weighted by atomic mass is 16.5. The van der Waals surface area contributed by atoms with E-state index in [2.05, 4.69) is 10.1 Å². The second-order valence-electron chi connectivity index (χ2n) is 7.98. The van der Waals surface area contributed by atoms with Gasteiger partial charge in [0.1, 0.15) is 12.4 Å². The highest BCUT2D eigenvalue weighted by Gasteiger charge is 2.12. The predicted octanol–water partition coefficient (Wildman–Crippen LogP) is 5.49. The van der Waals surface area contributed by atoms with Crippen molar-refractivity contribution >= 4 is 38.8 Å². The third-order valence-electron chi connectivity index (χ3n) is 5.79.